The third kappa shape index (κ3) is 3.16. The van der Waals surface area contributed by atoms with Crippen molar-refractivity contribution in [2.45, 2.75) is 20.3 Å². The molecule has 0 atom stereocenters. The molecule has 0 aliphatic carbocycles. The zero-order valence-electron chi connectivity index (χ0n) is 8.74. The van der Waals surface area contributed by atoms with Crippen LogP contribution in [-0.2, 0) is 0 Å². The fraction of sp³-hybridized carbons (Fsp3) is 0.273. The molecule has 80 valence electrons. The van der Waals surface area contributed by atoms with Gasteiger partial charge in [0.25, 0.3) is 0 Å². The average Bonchev–Trinajstić information content (AvgIpc) is 2.23. The van der Waals surface area contributed by atoms with E-state index in [4.69, 9.17) is 5.21 Å². The van der Waals surface area contributed by atoms with Crippen molar-refractivity contribution in [1.82, 2.24) is 4.98 Å². The highest BCUT2D eigenvalue weighted by Gasteiger charge is 2.00. The average molecular weight is 208 g/mol. The Morgan fingerprint density at radius 2 is 2.33 bits per heavy atom. The van der Waals surface area contributed by atoms with Gasteiger partial charge in [-0.3, -0.25) is 0 Å². The number of aromatic nitrogens is 1. The lowest BCUT2D eigenvalue weighted by Gasteiger charge is -2.01. The minimum Gasteiger partial charge on any atom is -0.411 e. The first-order valence-electron chi connectivity index (χ1n) is 4.68. The van der Waals surface area contributed by atoms with E-state index in [2.05, 4.69) is 10.1 Å². The van der Waals surface area contributed by atoms with E-state index in [0.29, 0.717) is 12.1 Å². The van der Waals surface area contributed by atoms with Crippen LogP contribution in [0, 0.1) is 5.95 Å². The number of hydrogen-bond donors (Lipinski definition) is 1. The van der Waals surface area contributed by atoms with E-state index >= 15 is 0 Å². The molecular weight excluding hydrogens is 195 g/mol. The number of rotatable bonds is 3. The minimum absolute atomic E-state index is 0.503. The summed E-state index contributed by atoms with van der Waals surface area (Å²) in [6, 6.07) is 2.91. The predicted octanol–water partition coefficient (Wildman–Crippen LogP) is 2.86. The second-order valence-corrected chi connectivity index (χ2v) is 3.14. The molecule has 0 unspecified atom stereocenters. The molecule has 1 aromatic rings. The van der Waals surface area contributed by atoms with Gasteiger partial charge in [-0.15, -0.1) is 0 Å². The molecule has 0 saturated carbocycles. The Hall–Kier alpha value is -1.71. The third-order valence-electron chi connectivity index (χ3n) is 2.04. The van der Waals surface area contributed by atoms with Crippen LogP contribution in [0.1, 0.15) is 25.8 Å². The smallest absolute Gasteiger partial charge is 0.212 e. The SMILES string of the molecule is CCC(=NO)/C(C)=C/c1ccc(F)nc1. The lowest BCUT2D eigenvalue weighted by atomic mass is 10.1. The monoisotopic (exact) mass is 208 g/mol. The first-order chi connectivity index (χ1) is 7.17. The molecule has 0 aromatic carbocycles. The highest BCUT2D eigenvalue weighted by atomic mass is 19.1. The topological polar surface area (TPSA) is 45.5 Å². The summed E-state index contributed by atoms with van der Waals surface area (Å²) in [4.78, 5) is 3.53. The summed E-state index contributed by atoms with van der Waals surface area (Å²) >= 11 is 0. The van der Waals surface area contributed by atoms with Crippen LogP contribution >= 0.6 is 0 Å². The van der Waals surface area contributed by atoms with Crippen molar-refractivity contribution in [3.63, 3.8) is 0 Å². The second kappa shape index (κ2) is 5.24. The first kappa shape index (κ1) is 11.4. The van der Waals surface area contributed by atoms with Crippen LogP contribution in [0.15, 0.2) is 29.1 Å². The van der Waals surface area contributed by atoms with Crippen molar-refractivity contribution in [3.05, 3.63) is 35.4 Å². The van der Waals surface area contributed by atoms with Gasteiger partial charge in [0.15, 0.2) is 0 Å². The van der Waals surface area contributed by atoms with E-state index in [1.165, 1.54) is 12.3 Å². The van der Waals surface area contributed by atoms with Gasteiger partial charge < -0.3 is 5.21 Å². The van der Waals surface area contributed by atoms with Gasteiger partial charge in [-0.05, 0) is 42.7 Å². The van der Waals surface area contributed by atoms with Crippen LogP contribution in [0.4, 0.5) is 4.39 Å². The Bertz CT molecular complexity index is 382. The normalized spacial score (nSPS) is 13.0. The van der Waals surface area contributed by atoms with E-state index in [1.54, 1.807) is 12.1 Å². The largest absolute Gasteiger partial charge is 0.411 e. The molecule has 0 aliphatic heterocycles. The van der Waals surface area contributed by atoms with Gasteiger partial charge in [-0.2, -0.15) is 4.39 Å². The van der Waals surface area contributed by atoms with Crippen LogP contribution < -0.4 is 0 Å². The Morgan fingerprint density at radius 1 is 1.60 bits per heavy atom. The van der Waals surface area contributed by atoms with Gasteiger partial charge >= 0.3 is 0 Å². The van der Waals surface area contributed by atoms with E-state index in [9.17, 15) is 4.39 Å². The molecule has 0 bridgehead atoms. The van der Waals surface area contributed by atoms with Crippen molar-refractivity contribution in [1.29, 1.82) is 0 Å². The summed E-state index contributed by atoms with van der Waals surface area (Å²) in [6.07, 6.45) is 3.88. The molecule has 0 radical (unpaired) electrons. The fourth-order valence-electron chi connectivity index (χ4n) is 1.23. The van der Waals surface area contributed by atoms with Gasteiger partial charge in [0.05, 0.1) is 5.71 Å². The highest BCUT2D eigenvalue weighted by Crippen LogP contribution is 2.09. The zero-order chi connectivity index (χ0) is 11.3. The molecule has 0 amide bonds. The van der Waals surface area contributed by atoms with E-state index in [1.807, 2.05) is 13.8 Å². The number of nitrogens with zero attached hydrogens (tertiary/aromatic N) is 2. The second-order valence-electron chi connectivity index (χ2n) is 3.14. The maximum Gasteiger partial charge on any atom is 0.212 e. The third-order valence-corrected chi connectivity index (χ3v) is 2.04. The maximum atomic E-state index is 12.5. The molecule has 1 heterocycles. The zero-order valence-corrected chi connectivity index (χ0v) is 8.74. The molecule has 1 N–H and O–H groups in total. The summed E-state index contributed by atoms with van der Waals surface area (Å²) in [5, 5.41) is 11.9. The molecule has 1 rings (SSSR count). The van der Waals surface area contributed by atoms with Crippen molar-refractivity contribution >= 4 is 11.8 Å². The van der Waals surface area contributed by atoms with Crippen LogP contribution in [0.25, 0.3) is 6.08 Å². The standard InChI is InChI=1S/C11H13FN2O/c1-3-10(14-15)8(2)6-9-4-5-11(12)13-7-9/h4-7,15H,3H2,1-2H3/b8-6+,14-10?. The number of oxime groups is 1. The lowest BCUT2D eigenvalue weighted by Crippen LogP contribution is -1.97. The number of allylic oxidation sites excluding steroid dienone is 1. The Balaban J connectivity index is 2.92. The van der Waals surface area contributed by atoms with E-state index < -0.39 is 5.95 Å². The van der Waals surface area contributed by atoms with E-state index in [0.717, 1.165) is 11.1 Å². The lowest BCUT2D eigenvalue weighted by molar-refractivity contribution is 0.318. The van der Waals surface area contributed by atoms with Crippen molar-refractivity contribution in [2.75, 3.05) is 0 Å². The minimum atomic E-state index is -0.503. The fourth-order valence-corrected chi connectivity index (χ4v) is 1.23. The molecule has 3 nitrogen and oxygen atoms in total. The molecule has 0 aliphatic rings. The summed E-state index contributed by atoms with van der Waals surface area (Å²) in [6.45, 7) is 3.73. The highest BCUT2D eigenvalue weighted by molar-refractivity contribution is 6.02. The van der Waals surface area contributed by atoms with Crippen LogP contribution in [-0.4, -0.2) is 15.9 Å². The van der Waals surface area contributed by atoms with Crippen molar-refractivity contribution in [3.8, 4) is 0 Å². The summed E-state index contributed by atoms with van der Waals surface area (Å²) in [5.41, 5.74) is 2.23. The number of pyridine rings is 1. The summed E-state index contributed by atoms with van der Waals surface area (Å²) in [5.74, 6) is -0.503. The van der Waals surface area contributed by atoms with Crippen LogP contribution in [0.5, 0.6) is 0 Å². The van der Waals surface area contributed by atoms with Crippen LogP contribution in [0.2, 0.25) is 0 Å². The molecule has 0 saturated heterocycles. The Kier molecular flexibility index (Phi) is 3.97. The number of halogens is 1. The van der Waals surface area contributed by atoms with E-state index in [-0.39, 0.29) is 0 Å². The van der Waals surface area contributed by atoms with Crippen molar-refractivity contribution in [2.24, 2.45) is 5.16 Å². The predicted molar refractivity (Wildman–Crippen MR) is 57.4 cm³/mol. The van der Waals surface area contributed by atoms with Crippen LogP contribution in [0.3, 0.4) is 0 Å². The number of hydrogen-bond acceptors (Lipinski definition) is 3. The van der Waals surface area contributed by atoms with Crippen molar-refractivity contribution < 1.29 is 9.60 Å². The first-order valence-corrected chi connectivity index (χ1v) is 4.68. The molecule has 1 aromatic heterocycles. The summed E-state index contributed by atoms with van der Waals surface area (Å²) < 4.78 is 12.5. The molecule has 0 spiro atoms. The summed E-state index contributed by atoms with van der Waals surface area (Å²) in [7, 11) is 0. The van der Waals surface area contributed by atoms with Gasteiger partial charge in [0, 0.05) is 6.20 Å². The molecule has 0 fully saturated rings. The molecular formula is C11H13FN2O. The Labute approximate surface area is 88.0 Å². The Morgan fingerprint density at radius 3 is 2.80 bits per heavy atom. The van der Waals surface area contributed by atoms with Gasteiger partial charge in [-0.25, -0.2) is 4.98 Å². The van der Waals surface area contributed by atoms with Gasteiger partial charge in [-0.1, -0.05) is 12.1 Å². The maximum absolute atomic E-state index is 12.5. The molecule has 15 heavy (non-hydrogen) atoms. The van der Waals surface area contributed by atoms with Gasteiger partial charge in [0.1, 0.15) is 0 Å². The van der Waals surface area contributed by atoms with Gasteiger partial charge in [0.2, 0.25) is 5.95 Å². The molecule has 4 heteroatoms. The quantitative estimate of drug-likeness (QED) is 0.359.